The monoisotopic (exact) mass is 428 g/mol. The Kier molecular flexibility index (Phi) is 6.02. The van der Waals surface area contributed by atoms with Crippen LogP contribution in [0.1, 0.15) is 38.2 Å². The summed E-state index contributed by atoms with van der Waals surface area (Å²) < 4.78 is 39.4. The van der Waals surface area contributed by atoms with Gasteiger partial charge in [0, 0.05) is 18.2 Å². The van der Waals surface area contributed by atoms with E-state index in [1.807, 2.05) is 6.92 Å². The third kappa shape index (κ3) is 4.72. The minimum atomic E-state index is -4.61. The van der Waals surface area contributed by atoms with Gasteiger partial charge in [-0.3, -0.25) is 19.8 Å². The predicted octanol–water partition coefficient (Wildman–Crippen LogP) is 3.42. The summed E-state index contributed by atoms with van der Waals surface area (Å²) in [6.07, 6.45) is -2.25. The van der Waals surface area contributed by atoms with Crippen LogP contribution in [0.3, 0.4) is 0 Å². The Hall–Kier alpha value is -2.69. The van der Waals surface area contributed by atoms with Crippen molar-refractivity contribution in [2.45, 2.75) is 50.9 Å². The van der Waals surface area contributed by atoms with Crippen molar-refractivity contribution >= 4 is 17.6 Å². The van der Waals surface area contributed by atoms with E-state index in [2.05, 4.69) is 5.32 Å². The second-order valence-electron chi connectivity index (χ2n) is 8.06. The number of rotatable bonds is 6. The number of imide groups is 1. The van der Waals surface area contributed by atoms with Crippen LogP contribution in [0.4, 0.5) is 23.7 Å². The molecule has 1 aromatic rings. The number of para-hydroxylation sites is 1. The van der Waals surface area contributed by atoms with Crippen molar-refractivity contribution in [3.63, 3.8) is 0 Å². The lowest BCUT2D eigenvalue weighted by atomic mass is 9.77. The number of nitro groups is 1. The molecule has 1 aliphatic carbocycles. The number of amides is 3. The van der Waals surface area contributed by atoms with Crippen LogP contribution in [0.25, 0.3) is 0 Å². The van der Waals surface area contributed by atoms with Crippen LogP contribution in [0, 0.1) is 16.0 Å². The lowest BCUT2D eigenvalue weighted by Crippen LogP contribution is -2.50. The largest absolute Gasteiger partial charge is 0.401 e. The minimum Gasteiger partial charge on any atom is -0.323 e. The molecule has 164 valence electrons. The average Bonchev–Trinajstić information content (AvgIpc) is 2.87. The Bertz CT molecular complexity index is 837. The van der Waals surface area contributed by atoms with Crippen molar-refractivity contribution in [1.82, 2.24) is 15.1 Å². The second-order valence-corrected chi connectivity index (χ2v) is 8.06. The molecule has 2 aliphatic rings. The molecule has 0 aromatic heterocycles. The molecule has 11 heteroatoms. The minimum absolute atomic E-state index is 0.0695. The summed E-state index contributed by atoms with van der Waals surface area (Å²) >= 11 is 0. The number of hydrogen-bond donors (Lipinski definition) is 1. The number of nitrogens with one attached hydrogen (secondary N) is 1. The summed E-state index contributed by atoms with van der Waals surface area (Å²) in [5.74, 6) is -0.121. The summed E-state index contributed by atoms with van der Waals surface area (Å²) in [7, 11) is 0. The van der Waals surface area contributed by atoms with Gasteiger partial charge in [-0.1, -0.05) is 25.1 Å². The van der Waals surface area contributed by atoms with Gasteiger partial charge in [0.25, 0.3) is 11.6 Å². The van der Waals surface area contributed by atoms with E-state index >= 15 is 0 Å². The summed E-state index contributed by atoms with van der Waals surface area (Å²) in [5, 5.41) is 13.9. The van der Waals surface area contributed by atoms with Crippen molar-refractivity contribution in [2.75, 3.05) is 13.2 Å². The lowest BCUT2D eigenvalue weighted by molar-refractivity contribution is -0.385. The number of urea groups is 1. The molecule has 2 fully saturated rings. The molecule has 1 saturated heterocycles. The molecule has 0 bridgehead atoms. The first-order valence-electron chi connectivity index (χ1n) is 9.66. The van der Waals surface area contributed by atoms with Crippen LogP contribution in [0.5, 0.6) is 0 Å². The third-order valence-electron chi connectivity index (χ3n) is 5.70. The molecule has 0 atom stereocenters. The third-order valence-corrected chi connectivity index (χ3v) is 5.70. The fourth-order valence-electron chi connectivity index (χ4n) is 4.07. The molecule has 8 nitrogen and oxygen atoms in total. The summed E-state index contributed by atoms with van der Waals surface area (Å²) in [6, 6.07) is 4.73. The second kappa shape index (κ2) is 8.21. The highest BCUT2D eigenvalue weighted by Gasteiger charge is 2.52. The normalized spacial score (nSPS) is 24.6. The van der Waals surface area contributed by atoms with Crippen molar-refractivity contribution in [3.8, 4) is 0 Å². The number of benzene rings is 1. The van der Waals surface area contributed by atoms with Gasteiger partial charge in [-0.2, -0.15) is 13.2 Å². The van der Waals surface area contributed by atoms with Crippen LogP contribution in [-0.2, 0) is 11.3 Å². The Morgan fingerprint density at radius 2 is 1.90 bits per heavy atom. The molecule has 1 saturated carbocycles. The van der Waals surface area contributed by atoms with E-state index in [1.54, 1.807) is 0 Å². The van der Waals surface area contributed by atoms with Crippen molar-refractivity contribution in [3.05, 3.63) is 39.9 Å². The molecule has 1 heterocycles. The van der Waals surface area contributed by atoms with E-state index in [-0.39, 0.29) is 11.3 Å². The number of carbonyl (C=O) groups is 2. The summed E-state index contributed by atoms with van der Waals surface area (Å²) in [4.78, 5) is 37.5. The zero-order valence-corrected chi connectivity index (χ0v) is 16.4. The van der Waals surface area contributed by atoms with Gasteiger partial charge in [0.05, 0.1) is 18.1 Å². The molecular weight excluding hydrogens is 405 g/mol. The molecule has 1 spiro atoms. The molecule has 30 heavy (non-hydrogen) atoms. The van der Waals surface area contributed by atoms with E-state index < -0.39 is 48.3 Å². The SMILES string of the molecule is CC1CCC2(CC1)NC(=O)N(CN(Cc1ccccc1[N+](=O)[O-])CC(F)(F)F)C2=O. The van der Waals surface area contributed by atoms with Crippen molar-refractivity contribution < 1.29 is 27.7 Å². The Morgan fingerprint density at radius 1 is 1.27 bits per heavy atom. The molecule has 0 radical (unpaired) electrons. The number of nitrogens with zero attached hydrogens (tertiary/aromatic N) is 3. The number of halogens is 3. The van der Waals surface area contributed by atoms with Gasteiger partial charge in [0.15, 0.2) is 0 Å². The summed E-state index contributed by atoms with van der Waals surface area (Å²) in [5.41, 5.74) is -1.31. The highest BCUT2D eigenvalue weighted by molar-refractivity contribution is 6.07. The molecule has 1 aromatic carbocycles. The first-order valence-corrected chi connectivity index (χ1v) is 9.66. The number of hydrogen-bond acceptors (Lipinski definition) is 5. The predicted molar refractivity (Wildman–Crippen MR) is 100 cm³/mol. The fraction of sp³-hybridized carbons (Fsp3) is 0.579. The van der Waals surface area contributed by atoms with Gasteiger partial charge in [-0.25, -0.2) is 9.69 Å². The molecule has 0 unspecified atom stereocenters. The van der Waals surface area contributed by atoms with Gasteiger partial charge in [0.1, 0.15) is 5.54 Å². The number of alkyl halides is 3. The zero-order valence-electron chi connectivity index (χ0n) is 16.4. The maximum Gasteiger partial charge on any atom is 0.401 e. The Morgan fingerprint density at radius 3 is 2.50 bits per heavy atom. The van der Waals surface area contributed by atoms with Gasteiger partial charge >= 0.3 is 12.2 Å². The first kappa shape index (κ1) is 22.0. The fourth-order valence-corrected chi connectivity index (χ4v) is 4.07. The topological polar surface area (TPSA) is 95.8 Å². The number of nitro benzene ring substituents is 1. The quantitative estimate of drug-likeness (QED) is 0.426. The van der Waals surface area contributed by atoms with Gasteiger partial charge in [-0.15, -0.1) is 0 Å². The van der Waals surface area contributed by atoms with Crippen LogP contribution in [0.15, 0.2) is 24.3 Å². The molecule has 1 aliphatic heterocycles. The molecule has 3 amide bonds. The van der Waals surface area contributed by atoms with E-state index in [0.717, 1.165) is 22.6 Å². The standard InChI is InChI=1S/C19H23F3N4O4/c1-13-6-8-18(9-7-13)16(27)25(17(28)23-18)12-24(11-19(20,21)22)10-14-4-2-3-5-15(14)26(29)30/h2-5,13H,6-12H2,1H3,(H,23,28). The highest BCUT2D eigenvalue weighted by Crippen LogP contribution is 2.36. The van der Waals surface area contributed by atoms with Gasteiger partial charge < -0.3 is 5.32 Å². The van der Waals surface area contributed by atoms with Crippen LogP contribution in [-0.4, -0.2) is 51.6 Å². The highest BCUT2D eigenvalue weighted by atomic mass is 19.4. The van der Waals surface area contributed by atoms with Gasteiger partial charge in [-0.05, 0) is 31.6 Å². The van der Waals surface area contributed by atoms with Crippen LogP contribution >= 0.6 is 0 Å². The van der Waals surface area contributed by atoms with E-state index in [9.17, 15) is 32.9 Å². The van der Waals surface area contributed by atoms with Crippen molar-refractivity contribution in [2.24, 2.45) is 5.92 Å². The first-order chi connectivity index (χ1) is 14.0. The zero-order chi connectivity index (χ0) is 22.1. The Labute approximate surface area is 171 Å². The van der Waals surface area contributed by atoms with Gasteiger partial charge in [0.2, 0.25) is 0 Å². The summed E-state index contributed by atoms with van der Waals surface area (Å²) in [6.45, 7) is -0.408. The average molecular weight is 428 g/mol. The van der Waals surface area contributed by atoms with E-state index in [0.29, 0.717) is 18.8 Å². The van der Waals surface area contributed by atoms with E-state index in [4.69, 9.17) is 0 Å². The molecule has 3 rings (SSSR count). The lowest BCUT2D eigenvalue weighted by Gasteiger charge is -2.34. The molecular formula is C19H23F3N4O4. The van der Waals surface area contributed by atoms with E-state index in [1.165, 1.54) is 24.3 Å². The smallest absolute Gasteiger partial charge is 0.323 e. The number of carbonyl (C=O) groups excluding carboxylic acids is 2. The van der Waals surface area contributed by atoms with Crippen LogP contribution < -0.4 is 5.32 Å². The maximum atomic E-state index is 13.1. The Balaban J connectivity index is 1.81. The molecule has 1 N–H and O–H groups in total. The van der Waals surface area contributed by atoms with Crippen LogP contribution in [0.2, 0.25) is 0 Å². The van der Waals surface area contributed by atoms with Crippen molar-refractivity contribution in [1.29, 1.82) is 0 Å². The maximum absolute atomic E-state index is 13.1.